The number of carbonyl (C=O) groups is 1. The Morgan fingerprint density at radius 1 is 1.11 bits per heavy atom. The number of morpholine rings is 1. The van der Waals surface area contributed by atoms with E-state index < -0.39 is 5.95 Å². The number of likely N-dealkylation sites (N-methyl/N-ethyl adjacent to an activating group) is 1. The zero-order valence-corrected chi connectivity index (χ0v) is 21.9. The summed E-state index contributed by atoms with van der Waals surface area (Å²) >= 11 is 0. The van der Waals surface area contributed by atoms with Gasteiger partial charge in [-0.2, -0.15) is 4.39 Å². The first-order valence-electron chi connectivity index (χ1n) is 13.0. The van der Waals surface area contributed by atoms with Crippen LogP contribution < -0.4 is 16.0 Å². The summed E-state index contributed by atoms with van der Waals surface area (Å²) < 4.78 is 26.1. The fourth-order valence-electron chi connectivity index (χ4n) is 5.14. The van der Waals surface area contributed by atoms with Crippen molar-refractivity contribution in [3.05, 3.63) is 65.1 Å². The topological polar surface area (TPSA) is 93.0 Å². The lowest BCUT2D eigenvalue weighted by molar-refractivity contribution is 0.0946. The van der Waals surface area contributed by atoms with Crippen LogP contribution in [0.2, 0.25) is 0 Å². The van der Waals surface area contributed by atoms with Gasteiger partial charge < -0.3 is 25.4 Å². The lowest BCUT2D eigenvalue weighted by Gasteiger charge is -2.32. The molecular formula is C29H34FN5O3. The van der Waals surface area contributed by atoms with Crippen molar-refractivity contribution in [1.29, 1.82) is 0 Å². The van der Waals surface area contributed by atoms with Crippen LogP contribution in [0.5, 0.6) is 0 Å². The maximum Gasteiger partial charge on any atom is 0.251 e. The molecule has 2 aromatic carbocycles. The number of nitrogens with zero attached hydrogens (tertiary/aromatic N) is 3. The summed E-state index contributed by atoms with van der Waals surface area (Å²) in [7, 11) is 3.74. The van der Waals surface area contributed by atoms with E-state index in [4.69, 9.17) is 15.2 Å². The summed E-state index contributed by atoms with van der Waals surface area (Å²) in [5.41, 5.74) is 12.6. The average Bonchev–Trinajstić information content (AvgIpc) is 2.92. The number of carbonyl (C=O) groups excluding carboxylic acids is 1. The van der Waals surface area contributed by atoms with Crippen molar-refractivity contribution in [2.45, 2.75) is 13.0 Å². The first-order chi connectivity index (χ1) is 18.4. The minimum absolute atomic E-state index is 0.0768. The molecule has 0 bridgehead atoms. The van der Waals surface area contributed by atoms with E-state index in [2.05, 4.69) is 33.2 Å². The van der Waals surface area contributed by atoms with E-state index in [1.165, 1.54) is 0 Å². The smallest absolute Gasteiger partial charge is 0.251 e. The van der Waals surface area contributed by atoms with Gasteiger partial charge in [0.15, 0.2) is 0 Å². The van der Waals surface area contributed by atoms with Gasteiger partial charge in [-0.05, 0) is 60.0 Å². The van der Waals surface area contributed by atoms with Crippen molar-refractivity contribution in [2.24, 2.45) is 0 Å². The number of halogens is 1. The van der Waals surface area contributed by atoms with Gasteiger partial charge >= 0.3 is 0 Å². The Kier molecular flexibility index (Phi) is 7.87. The van der Waals surface area contributed by atoms with E-state index in [1.807, 2.05) is 24.3 Å². The van der Waals surface area contributed by atoms with Gasteiger partial charge in [-0.3, -0.25) is 9.69 Å². The SMILES string of the molecule is COCCN(C)Cc1cc(-c2cc(-c3ccc4c(c3)CCNC4=O)c(N)nc2F)ccc1N1CCOCC1. The monoisotopic (exact) mass is 519 g/mol. The standard InChI is InChI=1S/C29H34FN5O3/c1-34(9-12-37-2)18-22-16-19(4-6-26(22)35-10-13-38-14-11-35)24-17-25(28(31)33-27(24)30)20-3-5-23-21(15-20)7-8-32-29(23)36/h3-6,15-17H,7-14,18H2,1-2H3,(H2,31,33)(H,32,36). The molecule has 200 valence electrons. The van der Waals surface area contributed by atoms with Crippen LogP contribution in [0, 0.1) is 5.95 Å². The first kappa shape index (κ1) is 26.1. The van der Waals surface area contributed by atoms with E-state index >= 15 is 4.39 Å². The largest absolute Gasteiger partial charge is 0.383 e. The van der Waals surface area contributed by atoms with Crippen molar-refractivity contribution in [1.82, 2.24) is 15.2 Å². The van der Waals surface area contributed by atoms with Gasteiger partial charge in [0.25, 0.3) is 5.91 Å². The number of nitrogens with one attached hydrogen (secondary N) is 1. The van der Waals surface area contributed by atoms with Crippen molar-refractivity contribution in [3.8, 4) is 22.3 Å². The summed E-state index contributed by atoms with van der Waals surface area (Å²) in [5, 5.41) is 2.86. The normalized spacial score (nSPS) is 15.5. The van der Waals surface area contributed by atoms with Gasteiger partial charge in [0, 0.05) is 62.2 Å². The molecule has 3 N–H and O–H groups in total. The molecule has 3 heterocycles. The van der Waals surface area contributed by atoms with E-state index in [0.29, 0.717) is 49.6 Å². The second-order valence-electron chi connectivity index (χ2n) is 9.81. The number of amides is 1. The number of aromatic nitrogens is 1. The molecule has 9 heteroatoms. The highest BCUT2D eigenvalue weighted by Crippen LogP contribution is 2.35. The molecule has 0 saturated carbocycles. The molecule has 1 saturated heterocycles. The molecule has 0 unspecified atom stereocenters. The van der Waals surface area contributed by atoms with Gasteiger partial charge in [0.2, 0.25) is 5.95 Å². The van der Waals surface area contributed by atoms with Gasteiger partial charge in [-0.25, -0.2) is 4.98 Å². The van der Waals surface area contributed by atoms with Crippen molar-refractivity contribution in [3.63, 3.8) is 0 Å². The molecule has 0 radical (unpaired) electrons. The van der Waals surface area contributed by atoms with E-state index in [-0.39, 0.29) is 11.7 Å². The average molecular weight is 520 g/mol. The molecule has 2 aliphatic heterocycles. The summed E-state index contributed by atoms with van der Waals surface area (Å²) in [4.78, 5) is 20.8. The maximum atomic E-state index is 15.3. The Balaban J connectivity index is 1.53. The lowest BCUT2D eigenvalue weighted by Crippen LogP contribution is -2.37. The van der Waals surface area contributed by atoms with Gasteiger partial charge in [0.1, 0.15) is 5.82 Å². The third-order valence-electron chi connectivity index (χ3n) is 7.21. The number of nitrogens with two attached hydrogens (primary N) is 1. The number of anilines is 2. The van der Waals surface area contributed by atoms with Crippen LogP contribution in [-0.4, -0.2) is 75.9 Å². The number of ether oxygens (including phenoxy) is 2. The van der Waals surface area contributed by atoms with Crippen LogP contribution in [-0.2, 0) is 22.4 Å². The molecule has 8 nitrogen and oxygen atoms in total. The highest BCUT2D eigenvalue weighted by Gasteiger charge is 2.21. The van der Waals surface area contributed by atoms with Crippen LogP contribution in [0.25, 0.3) is 22.3 Å². The summed E-state index contributed by atoms with van der Waals surface area (Å²) in [6.07, 6.45) is 0.735. The van der Waals surface area contributed by atoms with Gasteiger partial charge in [-0.1, -0.05) is 18.2 Å². The van der Waals surface area contributed by atoms with E-state index in [1.54, 1.807) is 19.2 Å². The molecule has 2 aliphatic rings. The minimum atomic E-state index is -0.610. The number of nitrogen functional groups attached to an aromatic ring is 1. The maximum absolute atomic E-state index is 15.3. The van der Waals surface area contributed by atoms with Crippen LogP contribution in [0.4, 0.5) is 15.9 Å². The van der Waals surface area contributed by atoms with Gasteiger partial charge in [-0.15, -0.1) is 0 Å². The Morgan fingerprint density at radius 3 is 2.66 bits per heavy atom. The third kappa shape index (κ3) is 5.50. The molecule has 0 atom stereocenters. The highest BCUT2D eigenvalue weighted by molar-refractivity contribution is 5.97. The molecule has 5 rings (SSSR count). The van der Waals surface area contributed by atoms with Crippen molar-refractivity contribution in [2.75, 3.05) is 70.8 Å². The summed E-state index contributed by atoms with van der Waals surface area (Å²) in [6.45, 7) is 5.68. The Labute approximate surface area is 222 Å². The molecule has 1 amide bonds. The van der Waals surface area contributed by atoms with Crippen molar-refractivity contribution >= 4 is 17.4 Å². The van der Waals surface area contributed by atoms with E-state index in [9.17, 15) is 4.79 Å². The first-order valence-corrected chi connectivity index (χ1v) is 13.0. The Bertz CT molecular complexity index is 1330. The van der Waals surface area contributed by atoms with E-state index in [0.717, 1.165) is 54.0 Å². The number of pyridine rings is 1. The van der Waals surface area contributed by atoms with Crippen LogP contribution in [0.15, 0.2) is 42.5 Å². The van der Waals surface area contributed by atoms with Crippen molar-refractivity contribution < 1.29 is 18.7 Å². The number of benzene rings is 2. The molecule has 0 aliphatic carbocycles. The number of fused-ring (bicyclic) bond motifs is 1. The van der Waals surface area contributed by atoms with Crippen LogP contribution >= 0.6 is 0 Å². The molecule has 3 aromatic rings. The third-order valence-corrected chi connectivity index (χ3v) is 7.21. The summed E-state index contributed by atoms with van der Waals surface area (Å²) in [6, 6.07) is 13.4. The van der Waals surface area contributed by atoms with Gasteiger partial charge in [0.05, 0.1) is 19.8 Å². The fourth-order valence-corrected chi connectivity index (χ4v) is 5.14. The molecular weight excluding hydrogens is 485 g/mol. The predicted molar refractivity (Wildman–Crippen MR) is 147 cm³/mol. The molecule has 0 spiro atoms. The van der Waals surface area contributed by atoms with Crippen LogP contribution in [0.1, 0.15) is 21.5 Å². The quantitative estimate of drug-likeness (QED) is 0.441. The van der Waals surface area contributed by atoms with Crippen LogP contribution in [0.3, 0.4) is 0 Å². The number of hydrogen-bond donors (Lipinski definition) is 2. The summed E-state index contributed by atoms with van der Waals surface area (Å²) in [5.74, 6) is -0.565. The fraction of sp³-hybridized carbons (Fsp3) is 0.379. The molecule has 1 fully saturated rings. The minimum Gasteiger partial charge on any atom is -0.383 e. The number of rotatable bonds is 8. The predicted octanol–water partition coefficient (Wildman–Crippen LogP) is 3.34. The lowest BCUT2D eigenvalue weighted by atomic mass is 9.93. The zero-order valence-electron chi connectivity index (χ0n) is 21.9. The second kappa shape index (κ2) is 11.5. The number of methoxy groups -OCH3 is 1. The zero-order chi connectivity index (χ0) is 26.6. The highest BCUT2D eigenvalue weighted by atomic mass is 19.1. The molecule has 38 heavy (non-hydrogen) atoms. The number of hydrogen-bond acceptors (Lipinski definition) is 7. The molecule has 1 aromatic heterocycles. The second-order valence-corrected chi connectivity index (χ2v) is 9.81. The Morgan fingerprint density at radius 2 is 1.87 bits per heavy atom. The Hall–Kier alpha value is -3.53.